The van der Waals surface area contributed by atoms with Crippen LogP contribution in [0.2, 0.25) is 0 Å². The van der Waals surface area contributed by atoms with E-state index in [0.29, 0.717) is 17.2 Å². The van der Waals surface area contributed by atoms with Gasteiger partial charge in [0.2, 0.25) is 0 Å². The molecule has 1 aliphatic heterocycles. The predicted molar refractivity (Wildman–Crippen MR) is 69.1 cm³/mol. The summed E-state index contributed by atoms with van der Waals surface area (Å²) in [6.45, 7) is 1.94. The Kier molecular flexibility index (Phi) is 3.96. The summed E-state index contributed by atoms with van der Waals surface area (Å²) in [6.07, 6.45) is 2.00. The fourth-order valence-electron chi connectivity index (χ4n) is 2.25. The van der Waals surface area contributed by atoms with Gasteiger partial charge >= 0.3 is 0 Å². The van der Waals surface area contributed by atoms with Crippen molar-refractivity contribution in [3.05, 3.63) is 35.4 Å². The zero-order chi connectivity index (χ0) is 13.0. The third kappa shape index (κ3) is 2.69. The summed E-state index contributed by atoms with van der Waals surface area (Å²) in [5, 5.41) is 12.0. The van der Waals surface area contributed by atoms with Gasteiger partial charge in [-0.15, -0.1) is 0 Å². The van der Waals surface area contributed by atoms with E-state index in [9.17, 15) is 4.79 Å². The predicted octanol–water partition coefficient (Wildman–Crippen LogP) is 1.38. The number of benzene rings is 1. The van der Waals surface area contributed by atoms with Crippen molar-refractivity contribution in [3.63, 3.8) is 0 Å². The quantitative estimate of drug-likeness (QED) is 0.853. The normalized spacial score (nSPS) is 16.0. The summed E-state index contributed by atoms with van der Waals surface area (Å²) in [7, 11) is 1.86. The molecule has 1 aromatic rings. The number of carbonyl (C=O) groups is 1. The van der Waals surface area contributed by atoms with E-state index in [1.807, 2.05) is 11.9 Å². The molecule has 4 nitrogen and oxygen atoms in total. The Balaban J connectivity index is 2.07. The lowest BCUT2D eigenvalue weighted by molar-refractivity contribution is 0.0703. The Morgan fingerprint density at radius 3 is 2.50 bits per heavy atom. The minimum Gasteiger partial charge on any atom is -0.339 e. The summed E-state index contributed by atoms with van der Waals surface area (Å²) in [4.78, 5) is 14.1. The lowest BCUT2D eigenvalue weighted by Gasteiger charge is -2.31. The van der Waals surface area contributed by atoms with Crippen LogP contribution in [-0.4, -0.2) is 37.0 Å². The van der Waals surface area contributed by atoms with Gasteiger partial charge in [0.15, 0.2) is 0 Å². The van der Waals surface area contributed by atoms with Crippen LogP contribution in [0.5, 0.6) is 0 Å². The molecule has 0 unspecified atom stereocenters. The molecule has 0 aliphatic carbocycles. The molecule has 1 aliphatic rings. The number of hydrogen-bond donors (Lipinski definition) is 1. The lowest BCUT2D eigenvalue weighted by Crippen LogP contribution is -2.43. The maximum atomic E-state index is 12.3. The number of nitrogens with zero attached hydrogens (tertiary/aromatic N) is 2. The van der Waals surface area contributed by atoms with E-state index >= 15 is 0 Å². The molecule has 2 rings (SSSR count). The highest BCUT2D eigenvalue weighted by atomic mass is 16.2. The number of nitriles is 1. The zero-order valence-electron chi connectivity index (χ0n) is 10.5. The van der Waals surface area contributed by atoms with Crippen LogP contribution < -0.4 is 5.32 Å². The zero-order valence-corrected chi connectivity index (χ0v) is 10.5. The summed E-state index contributed by atoms with van der Waals surface area (Å²) >= 11 is 0. The Bertz CT molecular complexity index is 455. The first-order valence-electron chi connectivity index (χ1n) is 6.20. The number of hydrogen-bond acceptors (Lipinski definition) is 3. The maximum Gasteiger partial charge on any atom is 0.253 e. The number of nitrogens with one attached hydrogen (secondary N) is 1. The van der Waals surface area contributed by atoms with E-state index in [2.05, 4.69) is 11.4 Å². The van der Waals surface area contributed by atoms with Crippen molar-refractivity contribution >= 4 is 5.91 Å². The highest BCUT2D eigenvalue weighted by molar-refractivity contribution is 5.94. The van der Waals surface area contributed by atoms with Gasteiger partial charge in [0, 0.05) is 18.7 Å². The molecule has 0 radical (unpaired) electrons. The van der Waals surface area contributed by atoms with Crippen LogP contribution in [-0.2, 0) is 0 Å². The third-order valence-corrected chi connectivity index (χ3v) is 3.44. The lowest BCUT2D eigenvalue weighted by atomic mass is 10.0. The van der Waals surface area contributed by atoms with Gasteiger partial charge < -0.3 is 10.2 Å². The maximum absolute atomic E-state index is 12.3. The Morgan fingerprint density at radius 2 is 1.94 bits per heavy atom. The van der Waals surface area contributed by atoms with Gasteiger partial charge in [-0.2, -0.15) is 5.26 Å². The van der Waals surface area contributed by atoms with Crippen LogP contribution >= 0.6 is 0 Å². The molecule has 0 bridgehead atoms. The SMILES string of the molecule is CN(C(=O)c1ccc(C#N)cc1)C1CCNCC1. The number of rotatable bonds is 2. The van der Waals surface area contributed by atoms with Crippen LogP contribution in [0.4, 0.5) is 0 Å². The van der Waals surface area contributed by atoms with E-state index in [1.165, 1.54) is 0 Å². The molecule has 1 aromatic carbocycles. The van der Waals surface area contributed by atoms with Crippen LogP contribution in [0.3, 0.4) is 0 Å². The smallest absolute Gasteiger partial charge is 0.253 e. The van der Waals surface area contributed by atoms with Crippen molar-refractivity contribution in [1.82, 2.24) is 10.2 Å². The van der Waals surface area contributed by atoms with Gasteiger partial charge in [0.1, 0.15) is 0 Å². The highest BCUT2D eigenvalue weighted by Gasteiger charge is 2.22. The summed E-state index contributed by atoms with van der Waals surface area (Å²) in [5.41, 5.74) is 1.23. The topological polar surface area (TPSA) is 56.1 Å². The number of carbonyl (C=O) groups excluding carboxylic acids is 1. The fraction of sp³-hybridized carbons (Fsp3) is 0.429. The second-order valence-corrected chi connectivity index (χ2v) is 4.59. The first-order valence-corrected chi connectivity index (χ1v) is 6.20. The monoisotopic (exact) mass is 243 g/mol. The summed E-state index contributed by atoms with van der Waals surface area (Å²) < 4.78 is 0. The van der Waals surface area contributed by atoms with Crippen LogP contribution in [0, 0.1) is 11.3 Å². The van der Waals surface area contributed by atoms with Gasteiger partial charge in [0.25, 0.3) is 5.91 Å². The third-order valence-electron chi connectivity index (χ3n) is 3.44. The van der Waals surface area contributed by atoms with E-state index in [4.69, 9.17) is 5.26 Å². The molecule has 0 aromatic heterocycles. The van der Waals surface area contributed by atoms with Crippen molar-refractivity contribution in [2.75, 3.05) is 20.1 Å². The van der Waals surface area contributed by atoms with E-state index in [0.717, 1.165) is 25.9 Å². The van der Waals surface area contributed by atoms with Crippen molar-refractivity contribution in [1.29, 1.82) is 5.26 Å². The second-order valence-electron chi connectivity index (χ2n) is 4.59. The molecule has 94 valence electrons. The van der Waals surface area contributed by atoms with Crippen LogP contribution in [0.25, 0.3) is 0 Å². The van der Waals surface area contributed by atoms with Gasteiger partial charge in [0.05, 0.1) is 11.6 Å². The Morgan fingerprint density at radius 1 is 1.33 bits per heavy atom. The van der Waals surface area contributed by atoms with Gasteiger partial charge in [-0.3, -0.25) is 4.79 Å². The van der Waals surface area contributed by atoms with E-state index in [-0.39, 0.29) is 5.91 Å². The largest absolute Gasteiger partial charge is 0.339 e. The molecule has 0 spiro atoms. The van der Waals surface area contributed by atoms with E-state index < -0.39 is 0 Å². The number of amides is 1. The molecule has 1 saturated heterocycles. The molecule has 0 atom stereocenters. The Labute approximate surface area is 107 Å². The van der Waals surface area contributed by atoms with Crippen molar-refractivity contribution in [3.8, 4) is 6.07 Å². The molecular formula is C14H17N3O. The van der Waals surface area contributed by atoms with Gasteiger partial charge in [-0.1, -0.05) is 0 Å². The molecular weight excluding hydrogens is 226 g/mol. The molecule has 1 amide bonds. The second kappa shape index (κ2) is 5.65. The molecule has 0 saturated carbocycles. The van der Waals surface area contributed by atoms with Crippen LogP contribution in [0.15, 0.2) is 24.3 Å². The Hall–Kier alpha value is -1.86. The van der Waals surface area contributed by atoms with Crippen molar-refractivity contribution in [2.45, 2.75) is 18.9 Å². The van der Waals surface area contributed by atoms with Crippen molar-refractivity contribution < 1.29 is 4.79 Å². The standard InChI is InChI=1S/C14H17N3O/c1-17(13-6-8-16-9-7-13)14(18)12-4-2-11(10-15)3-5-12/h2-5,13,16H,6-9H2,1H3. The molecule has 1 N–H and O–H groups in total. The van der Waals surface area contributed by atoms with Gasteiger partial charge in [-0.25, -0.2) is 0 Å². The first-order chi connectivity index (χ1) is 8.72. The summed E-state index contributed by atoms with van der Waals surface area (Å²) in [5.74, 6) is 0.0337. The minimum absolute atomic E-state index is 0.0337. The van der Waals surface area contributed by atoms with Gasteiger partial charge in [-0.05, 0) is 50.2 Å². The molecule has 18 heavy (non-hydrogen) atoms. The van der Waals surface area contributed by atoms with Crippen LogP contribution in [0.1, 0.15) is 28.8 Å². The molecule has 4 heteroatoms. The number of piperidine rings is 1. The average molecular weight is 243 g/mol. The fourth-order valence-corrected chi connectivity index (χ4v) is 2.25. The van der Waals surface area contributed by atoms with E-state index in [1.54, 1.807) is 24.3 Å². The minimum atomic E-state index is 0.0337. The highest BCUT2D eigenvalue weighted by Crippen LogP contribution is 2.14. The first kappa shape index (κ1) is 12.6. The summed E-state index contributed by atoms with van der Waals surface area (Å²) in [6, 6.07) is 9.18. The van der Waals surface area contributed by atoms with Crippen molar-refractivity contribution in [2.24, 2.45) is 0 Å². The average Bonchev–Trinajstić information content (AvgIpc) is 2.47. The molecule has 1 heterocycles. The molecule has 1 fully saturated rings.